The minimum atomic E-state index is -0.519. The van der Waals surface area contributed by atoms with E-state index in [2.05, 4.69) is 11.1 Å². The van der Waals surface area contributed by atoms with Crippen LogP contribution in [0, 0.1) is 11.3 Å². The van der Waals surface area contributed by atoms with E-state index in [4.69, 9.17) is 4.74 Å². The van der Waals surface area contributed by atoms with Crippen molar-refractivity contribution >= 4 is 17.0 Å². The largest absolute Gasteiger partial charge is 0.445 e. The van der Waals surface area contributed by atoms with Crippen LogP contribution in [0.1, 0.15) is 16.8 Å². The Morgan fingerprint density at radius 3 is 2.76 bits per heavy atom. The molecule has 124 valence electrons. The fraction of sp³-hybridized carbons (Fsp3) is 0.200. The molecule has 0 saturated carbocycles. The molecule has 0 saturated heterocycles. The van der Waals surface area contributed by atoms with Crippen LogP contribution in [0.3, 0.4) is 0 Å². The Bertz CT molecular complexity index is 956. The van der Waals surface area contributed by atoms with Crippen LogP contribution in [0.2, 0.25) is 0 Å². The molecule has 1 aliphatic rings. The van der Waals surface area contributed by atoms with Crippen molar-refractivity contribution in [2.24, 2.45) is 0 Å². The monoisotopic (exact) mass is 331 g/mol. The lowest BCUT2D eigenvalue weighted by Crippen LogP contribution is -2.43. The van der Waals surface area contributed by atoms with Gasteiger partial charge in [0, 0.05) is 23.0 Å². The molecular formula is C20H17N3O2. The maximum Gasteiger partial charge on any atom is 0.411 e. The molecule has 0 bridgehead atoms. The molecular weight excluding hydrogens is 314 g/mol. The quantitative estimate of drug-likeness (QED) is 0.777. The van der Waals surface area contributed by atoms with Crippen molar-refractivity contribution in [3.05, 3.63) is 71.4 Å². The first-order valence-corrected chi connectivity index (χ1v) is 8.21. The van der Waals surface area contributed by atoms with Crippen molar-refractivity contribution in [3.8, 4) is 6.07 Å². The Hall–Kier alpha value is -3.26. The lowest BCUT2D eigenvalue weighted by Gasteiger charge is -2.30. The van der Waals surface area contributed by atoms with Crippen LogP contribution in [0.25, 0.3) is 10.9 Å². The van der Waals surface area contributed by atoms with Gasteiger partial charge in [-0.05, 0) is 17.2 Å². The summed E-state index contributed by atoms with van der Waals surface area (Å²) in [6, 6.07) is 19.3. The number of ether oxygens (including phenoxy) is 1. The minimum Gasteiger partial charge on any atom is -0.445 e. The van der Waals surface area contributed by atoms with Gasteiger partial charge in [0.15, 0.2) is 0 Å². The fourth-order valence-corrected chi connectivity index (χ4v) is 3.32. The highest BCUT2D eigenvalue weighted by Gasteiger charge is 2.32. The lowest BCUT2D eigenvalue weighted by molar-refractivity contribution is 0.0821. The Morgan fingerprint density at radius 2 is 1.96 bits per heavy atom. The van der Waals surface area contributed by atoms with E-state index in [1.54, 1.807) is 0 Å². The predicted molar refractivity (Wildman–Crippen MR) is 93.6 cm³/mol. The maximum atomic E-state index is 12.5. The zero-order valence-electron chi connectivity index (χ0n) is 13.6. The summed E-state index contributed by atoms with van der Waals surface area (Å²) >= 11 is 0. The van der Waals surface area contributed by atoms with Gasteiger partial charge in [-0.3, -0.25) is 4.90 Å². The number of nitrogens with one attached hydrogen (secondary N) is 1. The third kappa shape index (κ3) is 2.83. The highest BCUT2D eigenvalue weighted by molar-refractivity contribution is 5.85. The van der Waals surface area contributed by atoms with Gasteiger partial charge in [-0.15, -0.1) is 0 Å². The summed E-state index contributed by atoms with van der Waals surface area (Å²) in [5.74, 6) is 0. The summed E-state index contributed by atoms with van der Waals surface area (Å²) in [7, 11) is 0. The van der Waals surface area contributed by atoms with Crippen LogP contribution in [0.4, 0.5) is 4.79 Å². The first kappa shape index (κ1) is 15.3. The number of nitriles is 1. The van der Waals surface area contributed by atoms with Crippen molar-refractivity contribution in [2.45, 2.75) is 25.6 Å². The number of H-pyrrole nitrogens is 1. The lowest BCUT2D eigenvalue weighted by atomic mass is 9.98. The maximum absolute atomic E-state index is 12.5. The molecule has 2 heterocycles. The van der Waals surface area contributed by atoms with Crippen LogP contribution in [0.5, 0.6) is 0 Å². The second-order valence-corrected chi connectivity index (χ2v) is 6.14. The van der Waals surface area contributed by atoms with E-state index in [1.165, 1.54) is 4.90 Å². The second kappa shape index (κ2) is 6.33. The number of amides is 1. The van der Waals surface area contributed by atoms with Crippen molar-refractivity contribution in [1.29, 1.82) is 5.26 Å². The molecule has 0 fully saturated rings. The number of nitrogens with zero attached hydrogens (tertiary/aromatic N) is 2. The van der Waals surface area contributed by atoms with E-state index in [1.807, 2.05) is 54.6 Å². The molecule has 1 N–H and O–H groups in total. The molecule has 2 aromatic carbocycles. The van der Waals surface area contributed by atoms with Gasteiger partial charge in [0.05, 0.1) is 12.6 Å². The SMILES string of the molecule is N#CC1Cc2c([nH]c3ccccc23)CN1C(=O)OCc1ccccc1. The molecule has 25 heavy (non-hydrogen) atoms. The number of aromatic amines is 1. The van der Waals surface area contributed by atoms with Crippen LogP contribution in [0.15, 0.2) is 54.6 Å². The minimum absolute atomic E-state index is 0.202. The number of rotatable bonds is 2. The molecule has 0 aliphatic carbocycles. The number of para-hydroxylation sites is 1. The van der Waals surface area contributed by atoms with E-state index >= 15 is 0 Å². The van der Waals surface area contributed by atoms with Gasteiger partial charge < -0.3 is 9.72 Å². The smallest absolute Gasteiger partial charge is 0.411 e. The van der Waals surface area contributed by atoms with E-state index in [-0.39, 0.29) is 6.61 Å². The van der Waals surface area contributed by atoms with Crippen molar-refractivity contribution < 1.29 is 9.53 Å². The summed E-state index contributed by atoms with van der Waals surface area (Å²) in [4.78, 5) is 17.4. The van der Waals surface area contributed by atoms with E-state index in [0.717, 1.165) is 27.7 Å². The third-order valence-electron chi connectivity index (χ3n) is 4.59. The molecule has 1 aromatic heterocycles. The Kier molecular flexibility index (Phi) is 3.87. The van der Waals surface area contributed by atoms with Crippen LogP contribution in [-0.4, -0.2) is 22.0 Å². The Balaban J connectivity index is 1.55. The molecule has 0 spiro atoms. The number of carbonyl (C=O) groups is 1. The summed E-state index contributed by atoms with van der Waals surface area (Å²) in [6.45, 7) is 0.559. The summed E-state index contributed by atoms with van der Waals surface area (Å²) in [5.41, 5.74) is 4.05. The average molecular weight is 331 g/mol. The van der Waals surface area contributed by atoms with Gasteiger partial charge in [-0.2, -0.15) is 5.26 Å². The molecule has 1 atom stereocenters. The van der Waals surface area contributed by atoms with Gasteiger partial charge >= 0.3 is 6.09 Å². The number of hydrogen-bond acceptors (Lipinski definition) is 3. The van der Waals surface area contributed by atoms with E-state index in [0.29, 0.717) is 13.0 Å². The second-order valence-electron chi connectivity index (χ2n) is 6.14. The molecule has 0 radical (unpaired) electrons. The molecule has 5 nitrogen and oxygen atoms in total. The molecule has 3 aromatic rings. The first-order chi connectivity index (χ1) is 12.3. The highest BCUT2D eigenvalue weighted by Crippen LogP contribution is 2.30. The molecule has 1 unspecified atom stereocenters. The van der Waals surface area contributed by atoms with Crippen molar-refractivity contribution in [1.82, 2.24) is 9.88 Å². The topological polar surface area (TPSA) is 69.1 Å². The predicted octanol–water partition coefficient (Wildman–Crippen LogP) is 3.75. The Labute approximate surface area is 145 Å². The van der Waals surface area contributed by atoms with Crippen LogP contribution < -0.4 is 0 Å². The van der Waals surface area contributed by atoms with Crippen molar-refractivity contribution in [2.75, 3.05) is 0 Å². The van der Waals surface area contributed by atoms with E-state index in [9.17, 15) is 10.1 Å². The van der Waals surface area contributed by atoms with Gasteiger partial charge in [-0.25, -0.2) is 4.79 Å². The molecule has 4 rings (SSSR count). The fourth-order valence-electron chi connectivity index (χ4n) is 3.32. The normalized spacial score (nSPS) is 16.3. The number of carbonyl (C=O) groups excluding carboxylic acids is 1. The van der Waals surface area contributed by atoms with Gasteiger partial charge in [0.2, 0.25) is 0 Å². The molecule has 1 amide bonds. The number of benzene rings is 2. The number of hydrogen-bond donors (Lipinski definition) is 1. The number of fused-ring (bicyclic) bond motifs is 3. The summed E-state index contributed by atoms with van der Waals surface area (Å²) < 4.78 is 5.41. The average Bonchev–Trinajstić information content (AvgIpc) is 3.03. The molecule has 5 heteroatoms. The van der Waals surface area contributed by atoms with Crippen LogP contribution >= 0.6 is 0 Å². The van der Waals surface area contributed by atoms with E-state index < -0.39 is 12.1 Å². The van der Waals surface area contributed by atoms with Gasteiger partial charge in [0.25, 0.3) is 0 Å². The zero-order valence-corrected chi connectivity index (χ0v) is 13.6. The molecule has 1 aliphatic heterocycles. The van der Waals surface area contributed by atoms with Gasteiger partial charge in [-0.1, -0.05) is 48.5 Å². The van der Waals surface area contributed by atoms with Gasteiger partial charge in [0.1, 0.15) is 12.6 Å². The van der Waals surface area contributed by atoms with Crippen molar-refractivity contribution in [3.63, 3.8) is 0 Å². The Morgan fingerprint density at radius 1 is 1.20 bits per heavy atom. The van der Waals surface area contributed by atoms with Crippen LogP contribution in [-0.2, 0) is 24.3 Å². The summed E-state index contributed by atoms with van der Waals surface area (Å²) in [5, 5.41) is 10.6. The highest BCUT2D eigenvalue weighted by atomic mass is 16.6. The zero-order chi connectivity index (χ0) is 17.2. The first-order valence-electron chi connectivity index (χ1n) is 8.21. The number of aromatic nitrogens is 1. The standard InChI is InChI=1S/C20H17N3O2/c21-11-15-10-17-16-8-4-5-9-18(16)22-19(17)12-23(15)20(24)25-13-14-6-2-1-3-7-14/h1-9,15,22H,10,12-13H2. The summed E-state index contributed by atoms with van der Waals surface area (Å²) in [6.07, 6.45) is 0.0516. The third-order valence-corrected chi connectivity index (χ3v) is 4.59.